The van der Waals surface area contributed by atoms with Gasteiger partial charge in [-0.2, -0.15) is 4.98 Å². The van der Waals surface area contributed by atoms with E-state index in [-0.39, 0.29) is 5.95 Å². The highest BCUT2D eigenvalue weighted by Gasteiger charge is 2.26. The lowest BCUT2D eigenvalue weighted by Crippen LogP contribution is -2.35. The Balaban J connectivity index is 1.70. The molecular formula is C16H17N7O. The predicted octanol–water partition coefficient (Wildman–Crippen LogP) is 2.06. The fraction of sp³-hybridized carbons (Fsp3) is 0.125. The molecule has 0 saturated heterocycles. The molecule has 0 fully saturated rings. The van der Waals surface area contributed by atoms with Gasteiger partial charge in [0.05, 0.1) is 12.8 Å². The molecule has 0 aliphatic carbocycles. The summed E-state index contributed by atoms with van der Waals surface area (Å²) in [4.78, 5) is 8.62. The van der Waals surface area contributed by atoms with Crippen LogP contribution in [0.1, 0.15) is 11.1 Å². The van der Waals surface area contributed by atoms with Gasteiger partial charge in [-0.1, -0.05) is 12.1 Å². The molecule has 0 saturated carbocycles. The minimum atomic E-state index is 0.184. The largest absolute Gasteiger partial charge is 0.463 e. The van der Waals surface area contributed by atoms with Crippen molar-refractivity contribution in [2.75, 3.05) is 21.9 Å². The molecule has 0 unspecified atom stereocenters. The molecule has 6 N–H and O–H groups in total. The molecule has 8 nitrogen and oxygen atoms in total. The monoisotopic (exact) mass is 323 g/mol. The number of aromatic nitrogens is 2. The summed E-state index contributed by atoms with van der Waals surface area (Å²) in [5.74, 6) is 1.48. The van der Waals surface area contributed by atoms with E-state index in [0.717, 1.165) is 22.5 Å². The standard InChI is InChI=1S/C16H17N7O/c1-9-7-10(4-5-11(9)17)8-23-15-14(21-22-23)13(19-16(18)20-15)12-3-2-6-24-12/h2-7,21-22H,8,17H2,1H3,(H2,18,19,20). The number of hydrogen-bond donors (Lipinski definition) is 4. The Labute approximate surface area is 138 Å². The van der Waals surface area contributed by atoms with Crippen molar-refractivity contribution >= 4 is 23.1 Å². The van der Waals surface area contributed by atoms with Crippen LogP contribution in [0.3, 0.4) is 0 Å². The zero-order chi connectivity index (χ0) is 16.7. The van der Waals surface area contributed by atoms with Gasteiger partial charge in [0.2, 0.25) is 5.95 Å². The van der Waals surface area contributed by atoms with Gasteiger partial charge in [-0.05, 0) is 36.2 Å². The lowest BCUT2D eigenvalue weighted by Gasteiger charge is -2.17. The summed E-state index contributed by atoms with van der Waals surface area (Å²) in [6, 6.07) is 9.57. The van der Waals surface area contributed by atoms with E-state index in [1.165, 1.54) is 0 Å². The number of nitrogen functional groups attached to an aromatic ring is 2. The summed E-state index contributed by atoms with van der Waals surface area (Å²) >= 11 is 0. The van der Waals surface area contributed by atoms with Gasteiger partial charge in [0.1, 0.15) is 11.4 Å². The average Bonchev–Trinajstić information content (AvgIpc) is 3.21. The number of nitrogens with one attached hydrogen (secondary N) is 2. The molecule has 3 heterocycles. The van der Waals surface area contributed by atoms with Crippen molar-refractivity contribution in [2.24, 2.45) is 0 Å². The van der Waals surface area contributed by atoms with Crippen molar-refractivity contribution in [2.45, 2.75) is 13.5 Å². The highest BCUT2D eigenvalue weighted by molar-refractivity contribution is 5.83. The average molecular weight is 323 g/mol. The molecule has 0 atom stereocenters. The lowest BCUT2D eigenvalue weighted by molar-refractivity contribution is 0.580. The van der Waals surface area contributed by atoms with Crippen molar-refractivity contribution < 1.29 is 4.42 Å². The molecule has 2 aromatic heterocycles. The number of furan rings is 1. The maximum atomic E-state index is 5.88. The third-order valence-electron chi connectivity index (χ3n) is 3.91. The van der Waals surface area contributed by atoms with Crippen molar-refractivity contribution in [3.8, 4) is 11.5 Å². The Morgan fingerprint density at radius 2 is 2.08 bits per heavy atom. The quantitative estimate of drug-likeness (QED) is 0.541. The number of hydrazine groups is 2. The Kier molecular flexibility index (Phi) is 3.24. The normalized spacial score (nSPS) is 13.0. The molecule has 0 bridgehead atoms. The van der Waals surface area contributed by atoms with E-state index >= 15 is 0 Å². The molecule has 4 rings (SSSR count). The number of nitrogens with zero attached hydrogens (tertiary/aromatic N) is 3. The molecule has 1 aromatic carbocycles. The molecule has 24 heavy (non-hydrogen) atoms. The van der Waals surface area contributed by atoms with Crippen molar-refractivity contribution in [1.29, 1.82) is 0 Å². The van der Waals surface area contributed by atoms with Gasteiger partial charge in [0.25, 0.3) is 0 Å². The van der Waals surface area contributed by atoms with Gasteiger partial charge in [-0.25, -0.2) is 4.98 Å². The first-order valence-electron chi connectivity index (χ1n) is 7.47. The van der Waals surface area contributed by atoms with Gasteiger partial charge in [0.15, 0.2) is 11.6 Å². The van der Waals surface area contributed by atoms with Crippen LogP contribution in [0.4, 0.5) is 23.1 Å². The fourth-order valence-corrected chi connectivity index (χ4v) is 2.68. The zero-order valence-electron chi connectivity index (χ0n) is 13.1. The molecule has 0 radical (unpaired) electrons. The van der Waals surface area contributed by atoms with Gasteiger partial charge in [-0.3, -0.25) is 10.4 Å². The first kappa shape index (κ1) is 14.3. The summed E-state index contributed by atoms with van der Waals surface area (Å²) in [5, 5.41) is 1.87. The van der Waals surface area contributed by atoms with Crippen molar-refractivity contribution in [3.05, 3.63) is 47.7 Å². The Bertz CT molecular complexity index is 892. The van der Waals surface area contributed by atoms with E-state index < -0.39 is 0 Å². The Morgan fingerprint density at radius 1 is 1.21 bits per heavy atom. The summed E-state index contributed by atoms with van der Waals surface area (Å²) < 4.78 is 5.44. The van der Waals surface area contributed by atoms with Gasteiger partial charge in [0, 0.05) is 5.69 Å². The number of hydrogen-bond acceptors (Lipinski definition) is 8. The second-order valence-electron chi connectivity index (χ2n) is 5.62. The van der Waals surface area contributed by atoms with E-state index in [2.05, 4.69) is 20.9 Å². The van der Waals surface area contributed by atoms with Crippen molar-refractivity contribution in [1.82, 2.24) is 15.5 Å². The van der Waals surface area contributed by atoms with Crippen LogP contribution in [0.5, 0.6) is 0 Å². The summed E-state index contributed by atoms with van der Waals surface area (Å²) in [6.07, 6.45) is 1.59. The summed E-state index contributed by atoms with van der Waals surface area (Å²) in [7, 11) is 0. The Morgan fingerprint density at radius 3 is 2.83 bits per heavy atom. The Hall–Kier alpha value is -3.26. The van der Waals surface area contributed by atoms with E-state index in [1.807, 2.05) is 36.2 Å². The second kappa shape index (κ2) is 5.43. The van der Waals surface area contributed by atoms with E-state index in [4.69, 9.17) is 15.9 Å². The van der Waals surface area contributed by atoms with Crippen LogP contribution in [-0.4, -0.2) is 9.97 Å². The van der Waals surface area contributed by atoms with Crippen LogP contribution >= 0.6 is 0 Å². The molecule has 8 heteroatoms. The topological polar surface area (TPSA) is 118 Å². The smallest absolute Gasteiger partial charge is 0.222 e. The van der Waals surface area contributed by atoms with Crippen LogP contribution in [0, 0.1) is 6.92 Å². The number of rotatable bonds is 3. The first-order valence-corrected chi connectivity index (χ1v) is 7.47. The van der Waals surface area contributed by atoms with E-state index in [1.54, 1.807) is 12.3 Å². The van der Waals surface area contributed by atoms with Gasteiger partial charge < -0.3 is 15.9 Å². The summed E-state index contributed by atoms with van der Waals surface area (Å²) in [5.41, 5.74) is 22.2. The third-order valence-corrected chi connectivity index (χ3v) is 3.91. The van der Waals surface area contributed by atoms with Gasteiger partial charge >= 0.3 is 0 Å². The minimum Gasteiger partial charge on any atom is -0.463 e. The van der Waals surface area contributed by atoms with Crippen LogP contribution in [-0.2, 0) is 6.54 Å². The highest BCUT2D eigenvalue weighted by atomic mass is 16.3. The van der Waals surface area contributed by atoms with Crippen LogP contribution in [0.2, 0.25) is 0 Å². The number of anilines is 4. The fourth-order valence-electron chi connectivity index (χ4n) is 2.68. The van der Waals surface area contributed by atoms with Crippen LogP contribution in [0.25, 0.3) is 11.5 Å². The molecule has 0 amide bonds. The number of fused-ring (bicyclic) bond motifs is 1. The number of aryl methyl sites for hydroxylation is 1. The SMILES string of the molecule is Cc1cc(CN2NNc3c(-c4ccco4)nc(N)nc32)ccc1N. The second-order valence-corrected chi connectivity index (χ2v) is 5.62. The minimum absolute atomic E-state index is 0.184. The highest BCUT2D eigenvalue weighted by Crippen LogP contribution is 2.37. The molecule has 0 spiro atoms. The zero-order valence-corrected chi connectivity index (χ0v) is 13.1. The lowest BCUT2D eigenvalue weighted by atomic mass is 10.1. The number of nitrogens with two attached hydrogens (primary N) is 2. The molecule has 3 aromatic rings. The maximum absolute atomic E-state index is 5.88. The molecule has 122 valence electrons. The first-order chi connectivity index (χ1) is 11.6. The molecule has 1 aliphatic heterocycles. The predicted molar refractivity (Wildman–Crippen MR) is 92.7 cm³/mol. The summed E-state index contributed by atoms with van der Waals surface area (Å²) in [6.45, 7) is 2.58. The number of benzene rings is 1. The van der Waals surface area contributed by atoms with Crippen molar-refractivity contribution in [3.63, 3.8) is 0 Å². The van der Waals surface area contributed by atoms with Crippen LogP contribution in [0.15, 0.2) is 41.0 Å². The van der Waals surface area contributed by atoms with Crippen LogP contribution < -0.4 is 27.4 Å². The van der Waals surface area contributed by atoms with E-state index in [0.29, 0.717) is 23.8 Å². The molecular weight excluding hydrogens is 306 g/mol. The van der Waals surface area contributed by atoms with Gasteiger partial charge in [-0.15, -0.1) is 5.53 Å². The molecule has 1 aliphatic rings. The maximum Gasteiger partial charge on any atom is 0.222 e. The van der Waals surface area contributed by atoms with E-state index in [9.17, 15) is 0 Å². The third kappa shape index (κ3) is 2.38.